The van der Waals surface area contributed by atoms with Crippen LogP contribution in [0.15, 0.2) is 42.7 Å². The molecule has 0 bridgehead atoms. The summed E-state index contributed by atoms with van der Waals surface area (Å²) in [6, 6.07) is 11.2. The van der Waals surface area contributed by atoms with Gasteiger partial charge in [0.05, 0.1) is 19.2 Å². The lowest BCUT2D eigenvalue weighted by molar-refractivity contribution is 0.0740. The van der Waals surface area contributed by atoms with E-state index in [0.29, 0.717) is 56.0 Å². The van der Waals surface area contributed by atoms with Crippen LogP contribution in [0.5, 0.6) is 11.6 Å². The zero-order chi connectivity index (χ0) is 21.8. The molecule has 2 aromatic heterocycles. The average molecular weight is 422 g/mol. The average Bonchev–Trinajstić information content (AvgIpc) is 2.81. The van der Waals surface area contributed by atoms with Gasteiger partial charge in [-0.1, -0.05) is 26.0 Å². The minimum atomic E-state index is -0.0904. The van der Waals surface area contributed by atoms with Crippen molar-refractivity contribution in [2.75, 3.05) is 44.8 Å². The highest BCUT2D eigenvalue weighted by Gasteiger charge is 2.25. The summed E-state index contributed by atoms with van der Waals surface area (Å²) in [5.74, 6) is 2.38. The molecule has 3 heterocycles. The molecule has 0 aliphatic carbocycles. The molecule has 8 nitrogen and oxygen atoms in total. The summed E-state index contributed by atoms with van der Waals surface area (Å²) in [4.78, 5) is 30.2. The molecule has 0 radical (unpaired) electrons. The Bertz CT molecular complexity index is 1060. The second-order valence-electron chi connectivity index (χ2n) is 7.93. The molecule has 3 aromatic rings. The van der Waals surface area contributed by atoms with E-state index in [-0.39, 0.29) is 5.91 Å². The van der Waals surface area contributed by atoms with Crippen LogP contribution in [0.3, 0.4) is 0 Å². The second-order valence-corrected chi connectivity index (χ2v) is 7.93. The lowest BCUT2D eigenvalue weighted by atomic mass is 10.1. The molecule has 1 aromatic carbocycles. The molecule has 1 fully saturated rings. The number of amides is 1. The molecule has 1 aliphatic rings. The molecule has 0 spiro atoms. The number of methoxy groups -OCH3 is 1. The third kappa shape index (κ3) is 4.68. The number of anilines is 1. The maximum atomic E-state index is 13.1. The number of benzene rings is 1. The van der Waals surface area contributed by atoms with Crippen LogP contribution in [-0.4, -0.2) is 65.7 Å². The molecular weight excluding hydrogens is 394 g/mol. The quantitative estimate of drug-likeness (QED) is 0.605. The molecule has 1 saturated heterocycles. The SMILES string of the molecule is COc1cc(C(=O)N2CCN(c3cc(OCC(C)C)ncn3)CC2)nc2ccccc12. The highest BCUT2D eigenvalue weighted by molar-refractivity contribution is 5.97. The van der Waals surface area contributed by atoms with Crippen LogP contribution in [0.2, 0.25) is 0 Å². The van der Waals surface area contributed by atoms with E-state index in [2.05, 4.69) is 33.7 Å². The van der Waals surface area contributed by atoms with Gasteiger partial charge in [-0.3, -0.25) is 4.79 Å². The smallest absolute Gasteiger partial charge is 0.272 e. The lowest BCUT2D eigenvalue weighted by Gasteiger charge is -2.35. The van der Waals surface area contributed by atoms with E-state index < -0.39 is 0 Å². The maximum Gasteiger partial charge on any atom is 0.272 e. The van der Waals surface area contributed by atoms with Crippen molar-refractivity contribution in [3.05, 3.63) is 48.4 Å². The fourth-order valence-corrected chi connectivity index (χ4v) is 3.56. The Labute approximate surface area is 181 Å². The molecule has 0 atom stereocenters. The van der Waals surface area contributed by atoms with E-state index in [4.69, 9.17) is 9.47 Å². The van der Waals surface area contributed by atoms with Gasteiger partial charge in [0.1, 0.15) is 23.6 Å². The largest absolute Gasteiger partial charge is 0.496 e. The van der Waals surface area contributed by atoms with Crippen molar-refractivity contribution >= 4 is 22.6 Å². The van der Waals surface area contributed by atoms with Crippen molar-refractivity contribution in [2.24, 2.45) is 5.92 Å². The minimum absolute atomic E-state index is 0.0904. The van der Waals surface area contributed by atoms with E-state index in [1.807, 2.05) is 35.2 Å². The number of carbonyl (C=O) groups excluding carboxylic acids is 1. The van der Waals surface area contributed by atoms with Crippen molar-refractivity contribution in [3.63, 3.8) is 0 Å². The van der Waals surface area contributed by atoms with Crippen LogP contribution in [0.4, 0.5) is 5.82 Å². The van der Waals surface area contributed by atoms with Crippen LogP contribution in [0.25, 0.3) is 10.9 Å². The summed E-state index contributed by atoms with van der Waals surface area (Å²) >= 11 is 0. The van der Waals surface area contributed by atoms with E-state index in [9.17, 15) is 4.79 Å². The van der Waals surface area contributed by atoms with Crippen molar-refractivity contribution in [1.29, 1.82) is 0 Å². The van der Waals surface area contributed by atoms with Gasteiger partial charge in [0, 0.05) is 43.7 Å². The third-order valence-corrected chi connectivity index (χ3v) is 5.20. The second kappa shape index (κ2) is 9.16. The fourth-order valence-electron chi connectivity index (χ4n) is 3.56. The Hall–Kier alpha value is -3.42. The van der Waals surface area contributed by atoms with Gasteiger partial charge < -0.3 is 19.3 Å². The van der Waals surface area contributed by atoms with Gasteiger partial charge in [-0.25, -0.2) is 15.0 Å². The molecule has 0 N–H and O–H groups in total. The predicted octanol–water partition coefficient (Wildman–Crippen LogP) is 3.03. The Kier molecular flexibility index (Phi) is 6.16. The number of rotatable bonds is 6. The summed E-state index contributed by atoms with van der Waals surface area (Å²) < 4.78 is 11.2. The van der Waals surface area contributed by atoms with Crippen LogP contribution in [0, 0.1) is 5.92 Å². The monoisotopic (exact) mass is 421 g/mol. The van der Waals surface area contributed by atoms with Crippen molar-refractivity contribution < 1.29 is 14.3 Å². The molecule has 1 amide bonds. The van der Waals surface area contributed by atoms with Crippen molar-refractivity contribution in [3.8, 4) is 11.6 Å². The Morgan fingerprint density at radius 2 is 1.87 bits per heavy atom. The van der Waals surface area contributed by atoms with Gasteiger partial charge >= 0.3 is 0 Å². The molecule has 8 heteroatoms. The first-order valence-corrected chi connectivity index (χ1v) is 10.5. The van der Waals surface area contributed by atoms with Gasteiger partial charge in [-0.15, -0.1) is 0 Å². The van der Waals surface area contributed by atoms with Crippen LogP contribution < -0.4 is 14.4 Å². The molecule has 1 aliphatic heterocycles. The normalized spacial score (nSPS) is 14.2. The zero-order valence-corrected chi connectivity index (χ0v) is 18.1. The lowest BCUT2D eigenvalue weighted by Crippen LogP contribution is -2.49. The molecule has 31 heavy (non-hydrogen) atoms. The first-order valence-electron chi connectivity index (χ1n) is 10.5. The summed E-state index contributed by atoms with van der Waals surface area (Å²) in [7, 11) is 1.61. The van der Waals surface area contributed by atoms with Crippen LogP contribution >= 0.6 is 0 Å². The molecule has 4 rings (SSSR count). The molecule has 162 valence electrons. The number of pyridine rings is 1. The van der Waals surface area contributed by atoms with E-state index in [0.717, 1.165) is 16.7 Å². The molecule has 0 unspecified atom stereocenters. The Morgan fingerprint density at radius 3 is 2.61 bits per heavy atom. The van der Waals surface area contributed by atoms with E-state index in [1.165, 1.54) is 6.33 Å². The summed E-state index contributed by atoms with van der Waals surface area (Å²) in [6.07, 6.45) is 1.52. The van der Waals surface area contributed by atoms with Crippen LogP contribution in [-0.2, 0) is 0 Å². The minimum Gasteiger partial charge on any atom is -0.496 e. The fraction of sp³-hybridized carbons (Fsp3) is 0.391. The number of aromatic nitrogens is 3. The van der Waals surface area contributed by atoms with Gasteiger partial charge in [0.15, 0.2) is 0 Å². The number of piperazine rings is 1. The van der Waals surface area contributed by atoms with Gasteiger partial charge in [0.2, 0.25) is 5.88 Å². The maximum absolute atomic E-state index is 13.1. The number of ether oxygens (including phenoxy) is 2. The summed E-state index contributed by atoms with van der Waals surface area (Å²) in [5, 5.41) is 0.894. The van der Waals surface area contributed by atoms with E-state index in [1.54, 1.807) is 13.2 Å². The van der Waals surface area contributed by atoms with Crippen molar-refractivity contribution in [1.82, 2.24) is 19.9 Å². The number of carbonyl (C=O) groups is 1. The number of hydrogen-bond acceptors (Lipinski definition) is 7. The van der Waals surface area contributed by atoms with Gasteiger partial charge in [-0.05, 0) is 18.1 Å². The first kappa shape index (κ1) is 20.8. The van der Waals surface area contributed by atoms with E-state index >= 15 is 0 Å². The topological polar surface area (TPSA) is 80.7 Å². The third-order valence-electron chi connectivity index (χ3n) is 5.20. The number of hydrogen-bond donors (Lipinski definition) is 0. The highest BCUT2D eigenvalue weighted by Crippen LogP contribution is 2.26. The summed E-state index contributed by atoms with van der Waals surface area (Å²) in [6.45, 7) is 7.33. The van der Waals surface area contributed by atoms with Crippen LogP contribution in [0.1, 0.15) is 24.3 Å². The predicted molar refractivity (Wildman–Crippen MR) is 119 cm³/mol. The molecular formula is C23H27N5O3. The summed E-state index contributed by atoms with van der Waals surface area (Å²) in [5.41, 5.74) is 1.15. The zero-order valence-electron chi connectivity index (χ0n) is 18.1. The Morgan fingerprint density at radius 1 is 1.10 bits per heavy atom. The number of fused-ring (bicyclic) bond motifs is 1. The first-order chi connectivity index (χ1) is 15.0. The van der Waals surface area contributed by atoms with Gasteiger partial charge in [-0.2, -0.15) is 0 Å². The Balaban J connectivity index is 1.44. The highest BCUT2D eigenvalue weighted by atomic mass is 16.5. The number of nitrogens with zero attached hydrogens (tertiary/aromatic N) is 5. The standard InChI is InChI=1S/C23H27N5O3/c1-16(2)14-31-22-13-21(24-15-25-22)27-8-10-28(11-9-27)23(29)19-12-20(30-3)17-6-4-5-7-18(17)26-19/h4-7,12-13,15-16H,8-11,14H2,1-3H3. The number of para-hydroxylation sites is 1. The van der Waals surface area contributed by atoms with Gasteiger partial charge in [0.25, 0.3) is 5.91 Å². The van der Waals surface area contributed by atoms with Crippen molar-refractivity contribution in [2.45, 2.75) is 13.8 Å². The molecule has 0 saturated carbocycles.